The van der Waals surface area contributed by atoms with E-state index in [9.17, 15) is 17.0 Å². The third-order valence-electron chi connectivity index (χ3n) is 23.3. The molecule has 0 saturated heterocycles. The molecule has 4 aromatic rings. The van der Waals surface area contributed by atoms with E-state index in [4.69, 9.17) is 0 Å². The van der Waals surface area contributed by atoms with Crippen molar-refractivity contribution in [2.75, 3.05) is 0 Å². The van der Waals surface area contributed by atoms with Gasteiger partial charge in [0.15, 0.2) is 0 Å². The first-order valence-corrected chi connectivity index (χ1v) is 46.7. The number of halogens is 5. The van der Waals surface area contributed by atoms with Crippen LogP contribution in [0, 0.1) is 46.3 Å². The molecule has 7 heteroatoms. The van der Waals surface area contributed by atoms with Gasteiger partial charge in [0.05, 0.1) is 0 Å². The predicted octanol–water partition coefficient (Wildman–Crippen LogP) is 21.2. The zero-order valence-electron chi connectivity index (χ0n) is 44.9. The maximum absolute atomic E-state index is 15.0. The molecule has 3 unspecified atom stereocenters. The predicted molar refractivity (Wildman–Crippen MR) is 307 cm³/mol. The standard InChI is InChI=1S/2C32H37.C4H8F3Si.2ClH.Zr/c2*1-2-5-26(6-3-1)27-9-11-28(12-10-27)30-8-4-7-29-16-25(17-31(29)30)21-32-18-22-13-23(19-32)15-24(14-22)20-32;1-8-3-2-4(5,6)7;;;/h2*4,7-12,16-17,22-24,26H,1-3,5-6,13-15,18-21H2;8H,2-3H2,1H3;2*1H;/q;;;;;+2/p-2. The van der Waals surface area contributed by atoms with E-state index in [1.807, 2.05) is 0 Å². The fraction of sp³-hybridized carbons (Fsp3) is 0.588. The molecule has 3 atom stereocenters. The monoisotopic (exact) mass is 1140 g/mol. The molecule has 0 radical (unpaired) electrons. The number of hydrogen-bond acceptors (Lipinski definition) is 0. The molecule has 0 amide bonds. The van der Waals surface area contributed by atoms with E-state index >= 15 is 13.2 Å². The molecular weight excluding hydrogens is 1060 g/mol. The second kappa shape index (κ2) is 19.2. The van der Waals surface area contributed by atoms with E-state index in [1.54, 1.807) is 0 Å². The molecule has 12 aliphatic carbocycles. The van der Waals surface area contributed by atoms with Crippen LogP contribution in [0.4, 0.5) is 13.2 Å². The maximum atomic E-state index is 15.0. The van der Waals surface area contributed by atoms with Crippen molar-refractivity contribution in [3.05, 3.63) is 129 Å². The first-order valence-electron chi connectivity index (χ1n) is 30.7. The Labute approximate surface area is 456 Å². The number of hydrogen-bond donors (Lipinski definition) is 0. The summed E-state index contributed by atoms with van der Waals surface area (Å²) in [4.78, 5) is 0. The summed E-state index contributed by atoms with van der Waals surface area (Å²) in [5.41, 5.74) is 16.0. The van der Waals surface area contributed by atoms with Crippen molar-refractivity contribution < 1.29 is 28.7 Å². The Bertz CT molecular complexity index is 2630. The second-order valence-corrected chi connectivity index (χ2v) is 69.6. The molecule has 10 saturated carbocycles. The van der Waals surface area contributed by atoms with Crippen LogP contribution in [-0.2, 0) is 15.6 Å². The topological polar surface area (TPSA) is 0 Å². The van der Waals surface area contributed by atoms with Crippen LogP contribution in [0.15, 0.2) is 96.1 Å². The normalized spacial score (nSPS) is 34.0. The summed E-state index contributed by atoms with van der Waals surface area (Å²) < 4.78 is 44.5. The summed E-state index contributed by atoms with van der Waals surface area (Å²) in [6.45, 7) is 2.25. The average Bonchev–Trinajstić information content (AvgIpc) is 3.98. The number of alkyl halides is 3. The van der Waals surface area contributed by atoms with E-state index in [0.717, 1.165) is 48.3 Å². The van der Waals surface area contributed by atoms with Crippen molar-refractivity contribution in [2.24, 2.45) is 46.3 Å². The van der Waals surface area contributed by atoms with E-state index < -0.39 is 34.1 Å². The van der Waals surface area contributed by atoms with Crippen LogP contribution < -0.4 is 0 Å². The first-order chi connectivity index (χ1) is 36.2. The zero-order chi connectivity index (χ0) is 50.9. The van der Waals surface area contributed by atoms with Gasteiger partial charge in [-0.15, -0.1) is 0 Å². The fourth-order valence-corrected chi connectivity index (χ4v) is 61.0. The summed E-state index contributed by atoms with van der Waals surface area (Å²) in [5, 5.41) is 0. The molecule has 8 bridgehead atoms. The molecule has 16 rings (SSSR count). The molecule has 12 aliphatic rings. The number of benzene rings is 4. The summed E-state index contributed by atoms with van der Waals surface area (Å²) >= 11 is -5.86. The molecule has 4 aromatic carbocycles. The van der Waals surface area contributed by atoms with E-state index in [1.165, 1.54) is 208 Å². The fourth-order valence-electron chi connectivity index (χ4n) is 21.1. The van der Waals surface area contributed by atoms with Crippen LogP contribution in [0.2, 0.25) is 12.6 Å². The molecule has 0 spiro atoms. The Balaban J connectivity index is 0.947. The third kappa shape index (κ3) is 9.13. The van der Waals surface area contributed by atoms with Gasteiger partial charge in [0.25, 0.3) is 0 Å². The minimum atomic E-state index is -5.86. The molecule has 10 fully saturated rings. The Morgan fingerprint density at radius 1 is 0.507 bits per heavy atom. The molecule has 0 aliphatic heterocycles. The molecular formula is C68H82Cl2F3SiZr. The van der Waals surface area contributed by atoms with Crippen molar-refractivity contribution in [1.82, 2.24) is 0 Å². The molecule has 0 heterocycles. The third-order valence-corrected chi connectivity index (χ3v) is 73.5. The Hall–Kier alpha value is -2.17. The van der Waals surface area contributed by atoms with Gasteiger partial charge in [0.1, 0.15) is 0 Å². The summed E-state index contributed by atoms with van der Waals surface area (Å²) in [6, 6.07) is 33.0. The number of fused-ring (bicyclic) bond motifs is 2. The summed E-state index contributed by atoms with van der Waals surface area (Å²) in [5.74, 6) is 3.39. The Kier molecular flexibility index (Phi) is 13.1. The van der Waals surface area contributed by atoms with Crippen LogP contribution in [0.25, 0.3) is 34.4 Å². The first kappa shape index (κ1) is 51.0. The van der Waals surface area contributed by atoms with Gasteiger partial charge < -0.3 is 0 Å². The Morgan fingerprint density at radius 3 is 1.21 bits per heavy atom. The van der Waals surface area contributed by atoms with Crippen molar-refractivity contribution >= 4 is 35.1 Å². The van der Waals surface area contributed by atoms with Crippen LogP contribution in [0.1, 0.15) is 213 Å². The van der Waals surface area contributed by atoms with Gasteiger partial charge in [-0.3, -0.25) is 0 Å². The Morgan fingerprint density at radius 2 is 0.867 bits per heavy atom. The van der Waals surface area contributed by atoms with Crippen LogP contribution in [0.5, 0.6) is 0 Å². The number of allylic oxidation sites excluding steroid dienone is 2. The van der Waals surface area contributed by atoms with Crippen molar-refractivity contribution in [3.63, 3.8) is 0 Å². The van der Waals surface area contributed by atoms with Crippen LogP contribution in [-0.4, -0.2) is 12.1 Å². The zero-order valence-corrected chi connectivity index (χ0v) is 50.0. The van der Waals surface area contributed by atoms with Gasteiger partial charge in [-0.05, 0) is 0 Å². The van der Waals surface area contributed by atoms with Gasteiger partial charge >= 0.3 is 460 Å². The van der Waals surface area contributed by atoms with Crippen molar-refractivity contribution in [1.29, 1.82) is 0 Å². The number of rotatable bonds is 13. The molecule has 0 nitrogen and oxygen atoms in total. The van der Waals surface area contributed by atoms with Crippen LogP contribution >= 0.6 is 17.0 Å². The van der Waals surface area contributed by atoms with Gasteiger partial charge in [-0.2, -0.15) is 0 Å². The van der Waals surface area contributed by atoms with E-state index in [2.05, 4.69) is 104 Å². The van der Waals surface area contributed by atoms with E-state index in [0.29, 0.717) is 11.8 Å². The van der Waals surface area contributed by atoms with Gasteiger partial charge in [-0.1, -0.05) is 0 Å². The van der Waals surface area contributed by atoms with Crippen molar-refractivity contribution in [3.8, 4) is 22.3 Å². The second-order valence-electron chi connectivity index (χ2n) is 28.3. The SMILES string of the molecule is C[SiH](CCC(F)(F)F)[Zr]([Cl])([Cl])([CH]1C(CC23CC4CC(CC(C4)C2)C3)=Cc2c(-c3ccc(C4CCCCC4)cc3)cccc21)[CH]1C(CC23CC4CC(CC(C4)C2)C3)=Cc2c(-c3ccc(C4CCCCC4)cc3)cccc21. The van der Waals surface area contributed by atoms with E-state index in [-0.39, 0.29) is 24.1 Å². The summed E-state index contributed by atoms with van der Waals surface area (Å²) in [6.07, 6.45) is 31.0. The van der Waals surface area contributed by atoms with Crippen LogP contribution in [0.3, 0.4) is 0 Å². The van der Waals surface area contributed by atoms with Gasteiger partial charge in [-0.25, -0.2) is 0 Å². The molecule has 397 valence electrons. The summed E-state index contributed by atoms with van der Waals surface area (Å²) in [7, 11) is 19.0. The molecule has 0 N–H and O–H groups in total. The van der Waals surface area contributed by atoms with Gasteiger partial charge in [0.2, 0.25) is 0 Å². The molecule has 75 heavy (non-hydrogen) atoms. The average molecular weight is 1150 g/mol. The van der Waals surface area contributed by atoms with Gasteiger partial charge in [0, 0.05) is 0 Å². The molecule has 0 aromatic heterocycles. The quantitative estimate of drug-likeness (QED) is 0.117. The van der Waals surface area contributed by atoms with Crippen molar-refractivity contribution in [2.45, 2.75) is 198 Å². The minimum absolute atomic E-state index is 0.0966.